The van der Waals surface area contributed by atoms with Crippen LogP contribution in [0.25, 0.3) is 21.7 Å². The monoisotopic (exact) mass is 328 g/mol. The van der Waals surface area contributed by atoms with Crippen LogP contribution in [0.2, 0.25) is 0 Å². The van der Waals surface area contributed by atoms with Crippen LogP contribution >= 0.6 is 11.3 Å². The molecule has 0 atom stereocenters. The van der Waals surface area contributed by atoms with Crippen LogP contribution in [0.15, 0.2) is 18.7 Å². The van der Waals surface area contributed by atoms with Crippen LogP contribution in [0.1, 0.15) is 9.80 Å². The first-order valence-corrected chi connectivity index (χ1v) is 7.88. The van der Waals surface area contributed by atoms with Crippen molar-refractivity contribution >= 4 is 33.8 Å². The van der Waals surface area contributed by atoms with Crippen molar-refractivity contribution in [3.05, 3.63) is 23.7 Å². The number of morpholine rings is 1. The maximum Gasteiger partial charge on any atom is 0.178 e. The fourth-order valence-corrected chi connectivity index (χ4v) is 3.25. The molecule has 3 aromatic heterocycles. The molecule has 0 bridgehead atoms. The van der Waals surface area contributed by atoms with Crippen LogP contribution in [-0.2, 0) is 4.74 Å². The molecule has 9 heteroatoms. The van der Waals surface area contributed by atoms with E-state index in [-0.39, 0.29) is 0 Å². The number of nitrogens with zero attached hydrogens (tertiary/aromatic N) is 6. The molecular weight excluding hydrogens is 316 g/mol. The normalized spacial score (nSPS) is 15.0. The van der Waals surface area contributed by atoms with Gasteiger partial charge in [0.1, 0.15) is 11.0 Å². The molecule has 23 heavy (non-hydrogen) atoms. The Morgan fingerprint density at radius 1 is 1.13 bits per heavy atom. The second-order valence-electron chi connectivity index (χ2n) is 4.92. The smallest absolute Gasteiger partial charge is 0.178 e. The van der Waals surface area contributed by atoms with E-state index in [1.165, 1.54) is 17.7 Å². The zero-order valence-electron chi connectivity index (χ0n) is 12.0. The summed E-state index contributed by atoms with van der Waals surface area (Å²) >= 11 is 1.30. The van der Waals surface area contributed by atoms with Crippen LogP contribution < -0.4 is 4.90 Å². The predicted octanol–water partition coefficient (Wildman–Crippen LogP) is 1.19. The molecule has 0 N–H and O–H groups in total. The van der Waals surface area contributed by atoms with E-state index in [4.69, 9.17) is 4.74 Å². The second-order valence-corrected chi connectivity index (χ2v) is 5.95. The summed E-state index contributed by atoms with van der Waals surface area (Å²) in [6, 6.07) is 0. The number of aldehydes is 1. The standard InChI is InChI=1S/C14H12N6O2S/c21-7-10-17-13-11(23-10)14(20-1-3-22-4-2-20)19-12(18-13)9-5-15-8-16-6-9/h5-8H,1-4H2. The fourth-order valence-electron chi connectivity index (χ4n) is 2.41. The van der Waals surface area contributed by atoms with Crippen LogP contribution in [-0.4, -0.2) is 57.5 Å². The van der Waals surface area contributed by atoms with Gasteiger partial charge in [0.25, 0.3) is 0 Å². The lowest BCUT2D eigenvalue weighted by molar-refractivity contribution is 0.112. The Kier molecular flexibility index (Phi) is 3.64. The Bertz CT molecular complexity index is 847. The zero-order chi connectivity index (χ0) is 15.6. The van der Waals surface area contributed by atoms with Gasteiger partial charge in [-0.3, -0.25) is 4.79 Å². The van der Waals surface area contributed by atoms with Gasteiger partial charge in [-0.15, -0.1) is 11.3 Å². The summed E-state index contributed by atoms with van der Waals surface area (Å²) in [5, 5.41) is 0.394. The first-order valence-electron chi connectivity index (χ1n) is 7.07. The van der Waals surface area contributed by atoms with E-state index >= 15 is 0 Å². The minimum Gasteiger partial charge on any atom is -0.378 e. The Morgan fingerprint density at radius 2 is 1.91 bits per heavy atom. The number of anilines is 1. The minimum absolute atomic E-state index is 0.394. The zero-order valence-corrected chi connectivity index (χ0v) is 12.9. The van der Waals surface area contributed by atoms with Gasteiger partial charge in [-0.25, -0.2) is 24.9 Å². The lowest BCUT2D eigenvalue weighted by Crippen LogP contribution is -2.36. The third kappa shape index (κ3) is 2.64. The van der Waals surface area contributed by atoms with Crippen molar-refractivity contribution in [1.82, 2.24) is 24.9 Å². The lowest BCUT2D eigenvalue weighted by Gasteiger charge is -2.28. The Morgan fingerprint density at radius 3 is 2.65 bits per heavy atom. The number of ether oxygens (including phenoxy) is 1. The average Bonchev–Trinajstić information content (AvgIpc) is 3.05. The van der Waals surface area contributed by atoms with Gasteiger partial charge >= 0.3 is 0 Å². The summed E-state index contributed by atoms with van der Waals surface area (Å²) in [7, 11) is 0. The highest BCUT2D eigenvalue weighted by molar-refractivity contribution is 7.20. The van der Waals surface area contributed by atoms with Crippen LogP contribution in [0, 0.1) is 0 Å². The third-order valence-corrected chi connectivity index (χ3v) is 4.45. The SMILES string of the molecule is O=Cc1nc2nc(-c3cncnc3)nc(N3CCOCC3)c2s1. The van der Waals surface area contributed by atoms with Gasteiger partial charge < -0.3 is 9.64 Å². The molecule has 3 aromatic rings. The van der Waals surface area contributed by atoms with Crippen molar-refractivity contribution in [3.63, 3.8) is 0 Å². The summed E-state index contributed by atoms with van der Waals surface area (Å²) in [5.41, 5.74) is 1.23. The molecule has 1 fully saturated rings. The molecule has 0 aromatic carbocycles. The minimum atomic E-state index is 0.394. The highest BCUT2D eigenvalue weighted by Gasteiger charge is 2.21. The molecule has 1 aliphatic heterocycles. The topological polar surface area (TPSA) is 94.0 Å². The molecule has 0 spiro atoms. The molecule has 4 rings (SSSR count). The summed E-state index contributed by atoms with van der Waals surface area (Å²) < 4.78 is 6.22. The maximum atomic E-state index is 11.1. The number of hydrogen-bond donors (Lipinski definition) is 0. The first-order chi connectivity index (χ1) is 11.3. The maximum absolute atomic E-state index is 11.1. The van der Waals surface area contributed by atoms with Crippen molar-refractivity contribution in [3.8, 4) is 11.4 Å². The van der Waals surface area contributed by atoms with E-state index in [1.807, 2.05) is 0 Å². The predicted molar refractivity (Wildman–Crippen MR) is 84.7 cm³/mol. The van der Waals surface area contributed by atoms with E-state index in [0.717, 1.165) is 29.9 Å². The number of carbonyl (C=O) groups is 1. The van der Waals surface area contributed by atoms with Crippen molar-refractivity contribution in [2.45, 2.75) is 0 Å². The highest BCUT2D eigenvalue weighted by Crippen LogP contribution is 2.31. The number of hydrogen-bond acceptors (Lipinski definition) is 9. The van der Waals surface area contributed by atoms with Gasteiger partial charge in [-0.1, -0.05) is 0 Å². The van der Waals surface area contributed by atoms with Crippen molar-refractivity contribution < 1.29 is 9.53 Å². The van der Waals surface area contributed by atoms with Gasteiger partial charge in [0.2, 0.25) is 0 Å². The summed E-state index contributed by atoms with van der Waals surface area (Å²) in [6.45, 7) is 2.78. The molecule has 0 amide bonds. The van der Waals surface area contributed by atoms with Crippen LogP contribution in [0.3, 0.4) is 0 Å². The molecule has 0 saturated carbocycles. The number of aromatic nitrogens is 5. The summed E-state index contributed by atoms with van der Waals surface area (Å²) in [5.74, 6) is 1.28. The van der Waals surface area contributed by atoms with Crippen molar-refractivity contribution in [2.24, 2.45) is 0 Å². The van der Waals surface area contributed by atoms with E-state index in [2.05, 4.69) is 29.8 Å². The van der Waals surface area contributed by atoms with Crippen molar-refractivity contribution in [2.75, 3.05) is 31.2 Å². The number of thiazole rings is 1. The van der Waals surface area contributed by atoms with Crippen LogP contribution in [0.4, 0.5) is 5.82 Å². The summed E-state index contributed by atoms with van der Waals surface area (Å²) in [6.07, 6.45) is 5.51. The molecule has 0 unspecified atom stereocenters. The third-order valence-electron chi connectivity index (χ3n) is 3.48. The number of rotatable bonds is 3. The average molecular weight is 328 g/mol. The Balaban J connectivity index is 1.90. The highest BCUT2D eigenvalue weighted by atomic mass is 32.1. The lowest BCUT2D eigenvalue weighted by atomic mass is 10.3. The van der Waals surface area contributed by atoms with Crippen LogP contribution in [0.5, 0.6) is 0 Å². The Labute approximate surface area is 135 Å². The molecule has 1 aliphatic rings. The molecule has 4 heterocycles. The molecule has 8 nitrogen and oxygen atoms in total. The van der Waals surface area contributed by atoms with Gasteiger partial charge in [0.05, 0.1) is 18.8 Å². The Hall–Kier alpha value is -2.52. The molecular formula is C14H12N6O2S. The molecule has 116 valence electrons. The van der Waals surface area contributed by atoms with E-state index in [1.54, 1.807) is 12.4 Å². The van der Waals surface area contributed by atoms with Gasteiger partial charge in [-0.05, 0) is 0 Å². The quantitative estimate of drug-likeness (QED) is 0.662. The fraction of sp³-hybridized carbons (Fsp3) is 0.286. The second kappa shape index (κ2) is 5.94. The largest absolute Gasteiger partial charge is 0.378 e. The van der Waals surface area contributed by atoms with E-state index in [0.29, 0.717) is 35.3 Å². The summed E-state index contributed by atoms with van der Waals surface area (Å²) in [4.78, 5) is 34.6. The molecule has 0 radical (unpaired) electrons. The van der Waals surface area contributed by atoms with E-state index in [9.17, 15) is 4.79 Å². The molecule has 0 aliphatic carbocycles. The number of fused-ring (bicyclic) bond motifs is 1. The van der Waals surface area contributed by atoms with Gasteiger partial charge in [0, 0.05) is 25.5 Å². The van der Waals surface area contributed by atoms with Gasteiger partial charge in [-0.2, -0.15) is 0 Å². The first kappa shape index (κ1) is 14.1. The van der Waals surface area contributed by atoms with Gasteiger partial charge in [0.15, 0.2) is 28.6 Å². The van der Waals surface area contributed by atoms with E-state index < -0.39 is 0 Å². The molecule has 1 saturated heterocycles. The van der Waals surface area contributed by atoms with Crippen molar-refractivity contribution in [1.29, 1.82) is 0 Å². The number of carbonyl (C=O) groups excluding carboxylic acids is 1.